The molecule has 1 aliphatic rings. The molecule has 1 aromatic heterocycles. The highest BCUT2D eigenvalue weighted by molar-refractivity contribution is 5.85. The van der Waals surface area contributed by atoms with Gasteiger partial charge in [0.2, 0.25) is 0 Å². The predicted molar refractivity (Wildman–Crippen MR) is 61.3 cm³/mol. The van der Waals surface area contributed by atoms with Gasteiger partial charge in [-0.15, -0.1) is 12.4 Å². The lowest BCUT2D eigenvalue weighted by molar-refractivity contribution is 0.585. The van der Waals surface area contributed by atoms with Crippen LogP contribution in [0.5, 0.6) is 0 Å². The van der Waals surface area contributed by atoms with Crippen LogP contribution in [0.3, 0.4) is 0 Å². The Morgan fingerprint density at radius 1 is 1.36 bits per heavy atom. The fourth-order valence-electron chi connectivity index (χ4n) is 1.59. The van der Waals surface area contributed by atoms with Crippen molar-refractivity contribution in [1.29, 1.82) is 0 Å². The zero-order chi connectivity index (χ0) is 9.10. The highest BCUT2D eigenvalue weighted by atomic mass is 35.5. The second-order valence-electron chi connectivity index (χ2n) is 3.43. The summed E-state index contributed by atoms with van der Waals surface area (Å²) in [5, 5.41) is 3.33. The molecule has 78 valence electrons. The summed E-state index contributed by atoms with van der Waals surface area (Å²) in [6.45, 7) is 6.37. The fraction of sp³-hybridized carbons (Fsp3) is 0.500. The van der Waals surface area contributed by atoms with E-state index in [2.05, 4.69) is 28.2 Å². The van der Waals surface area contributed by atoms with Crippen LogP contribution in [0, 0.1) is 6.92 Å². The number of piperazine rings is 1. The maximum atomic E-state index is 4.36. The summed E-state index contributed by atoms with van der Waals surface area (Å²) in [6.07, 6.45) is 1.88. The monoisotopic (exact) mass is 213 g/mol. The van der Waals surface area contributed by atoms with E-state index in [9.17, 15) is 0 Å². The van der Waals surface area contributed by atoms with Gasteiger partial charge in [-0.3, -0.25) is 0 Å². The molecule has 1 aliphatic heterocycles. The van der Waals surface area contributed by atoms with E-state index in [1.807, 2.05) is 12.3 Å². The van der Waals surface area contributed by atoms with Gasteiger partial charge < -0.3 is 10.2 Å². The van der Waals surface area contributed by atoms with Crippen molar-refractivity contribution in [2.75, 3.05) is 31.1 Å². The molecule has 4 heteroatoms. The van der Waals surface area contributed by atoms with Gasteiger partial charge in [0.15, 0.2) is 0 Å². The van der Waals surface area contributed by atoms with Crippen molar-refractivity contribution in [2.45, 2.75) is 6.92 Å². The Kier molecular flexibility index (Phi) is 4.17. The lowest BCUT2D eigenvalue weighted by Gasteiger charge is -2.28. The summed E-state index contributed by atoms with van der Waals surface area (Å²) in [6, 6.07) is 4.18. The van der Waals surface area contributed by atoms with Gasteiger partial charge in [-0.2, -0.15) is 0 Å². The van der Waals surface area contributed by atoms with Gasteiger partial charge >= 0.3 is 0 Å². The van der Waals surface area contributed by atoms with Crippen LogP contribution >= 0.6 is 12.4 Å². The number of nitrogens with one attached hydrogen (secondary N) is 1. The number of halogens is 1. The average Bonchev–Trinajstić information content (AvgIpc) is 2.19. The Hall–Kier alpha value is -0.800. The van der Waals surface area contributed by atoms with Crippen LogP contribution in [0.25, 0.3) is 0 Å². The molecule has 0 saturated carbocycles. The first kappa shape index (κ1) is 11.3. The van der Waals surface area contributed by atoms with Gasteiger partial charge in [0.05, 0.1) is 0 Å². The molecule has 1 N–H and O–H groups in total. The largest absolute Gasteiger partial charge is 0.354 e. The van der Waals surface area contributed by atoms with Crippen LogP contribution in [-0.4, -0.2) is 31.2 Å². The van der Waals surface area contributed by atoms with E-state index in [0.717, 1.165) is 32.0 Å². The number of nitrogens with zero attached hydrogens (tertiary/aromatic N) is 2. The molecule has 0 aromatic carbocycles. The van der Waals surface area contributed by atoms with Gasteiger partial charge in [0.25, 0.3) is 0 Å². The minimum Gasteiger partial charge on any atom is -0.354 e. The SMILES string of the molecule is Cc1ccnc(N2CCNCC2)c1.Cl. The molecule has 0 aliphatic carbocycles. The van der Waals surface area contributed by atoms with Crippen LogP contribution < -0.4 is 10.2 Å². The van der Waals surface area contributed by atoms with E-state index in [-0.39, 0.29) is 12.4 Å². The lowest BCUT2D eigenvalue weighted by atomic mass is 10.2. The molecular formula is C10H16ClN3. The summed E-state index contributed by atoms with van der Waals surface area (Å²) in [5.74, 6) is 1.11. The second-order valence-corrected chi connectivity index (χ2v) is 3.43. The minimum absolute atomic E-state index is 0. The van der Waals surface area contributed by atoms with Gasteiger partial charge in [-0.05, 0) is 24.6 Å². The highest BCUT2D eigenvalue weighted by Crippen LogP contribution is 2.11. The van der Waals surface area contributed by atoms with Crippen LogP contribution in [0.2, 0.25) is 0 Å². The molecule has 14 heavy (non-hydrogen) atoms. The zero-order valence-electron chi connectivity index (χ0n) is 8.36. The Labute approximate surface area is 90.9 Å². The Morgan fingerprint density at radius 2 is 2.07 bits per heavy atom. The topological polar surface area (TPSA) is 28.2 Å². The summed E-state index contributed by atoms with van der Waals surface area (Å²) in [7, 11) is 0. The molecule has 0 radical (unpaired) electrons. The fourth-order valence-corrected chi connectivity index (χ4v) is 1.59. The minimum atomic E-state index is 0. The molecule has 0 atom stereocenters. The van der Waals surface area contributed by atoms with Crippen LogP contribution in [0.15, 0.2) is 18.3 Å². The Bertz CT molecular complexity index is 284. The molecular weight excluding hydrogens is 198 g/mol. The summed E-state index contributed by atoms with van der Waals surface area (Å²) >= 11 is 0. The highest BCUT2D eigenvalue weighted by Gasteiger charge is 2.10. The van der Waals surface area contributed by atoms with Crippen LogP contribution in [0.4, 0.5) is 5.82 Å². The molecule has 1 saturated heterocycles. The van der Waals surface area contributed by atoms with Gasteiger partial charge in [0.1, 0.15) is 5.82 Å². The average molecular weight is 214 g/mol. The third-order valence-corrected chi connectivity index (χ3v) is 2.34. The van der Waals surface area contributed by atoms with E-state index >= 15 is 0 Å². The molecule has 0 bridgehead atoms. The van der Waals surface area contributed by atoms with Gasteiger partial charge in [-0.25, -0.2) is 4.98 Å². The first-order valence-corrected chi connectivity index (χ1v) is 4.74. The van der Waals surface area contributed by atoms with Crippen molar-refractivity contribution >= 4 is 18.2 Å². The third-order valence-electron chi connectivity index (χ3n) is 2.34. The normalized spacial score (nSPS) is 16.2. The predicted octanol–water partition coefficient (Wildman–Crippen LogP) is 1.22. The molecule has 2 heterocycles. The Morgan fingerprint density at radius 3 is 2.71 bits per heavy atom. The van der Waals surface area contributed by atoms with Crippen molar-refractivity contribution in [1.82, 2.24) is 10.3 Å². The molecule has 1 aromatic rings. The van der Waals surface area contributed by atoms with E-state index in [0.29, 0.717) is 0 Å². The van der Waals surface area contributed by atoms with Crippen molar-refractivity contribution in [2.24, 2.45) is 0 Å². The number of hydrogen-bond donors (Lipinski definition) is 1. The van der Waals surface area contributed by atoms with E-state index in [4.69, 9.17) is 0 Å². The number of aromatic nitrogens is 1. The van der Waals surface area contributed by atoms with E-state index in [1.54, 1.807) is 0 Å². The van der Waals surface area contributed by atoms with Crippen LogP contribution in [0.1, 0.15) is 5.56 Å². The van der Waals surface area contributed by atoms with Gasteiger partial charge in [0, 0.05) is 32.4 Å². The van der Waals surface area contributed by atoms with Crippen LogP contribution in [-0.2, 0) is 0 Å². The molecule has 2 rings (SSSR count). The first-order valence-electron chi connectivity index (χ1n) is 4.74. The maximum absolute atomic E-state index is 4.36. The molecule has 3 nitrogen and oxygen atoms in total. The smallest absolute Gasteiger partial charge is 0.128 e. The number of rotatable bonds is 1. The summed E-state index contributed by atoms with van der Waals surface area (Å²) in [4.78, 5) is 6.68. The molecule has 1 fully saturated rings. The summed E-state index contributed by atoms with van der Waals surface area (Å²) in [5.41, 5.74) is 1.28. The van der Waals surface area contributed by atoms with Gasteiger partial charge in [-0.1, -0.05) is 0 Å². The molecule has 0 unspecified atom stereocenters. The standard InChI is InChI=1S/C10H15N3.ClH/c1-9-2-3-12-10(8-9)13-6-4-11-5-7-13;/h2-3,8,11H,4-7H2,1H3;1H. The van der Waals surface area contributed by atoms with E-state index in [1.165, 1.54) is 5.56 Å². The zero-order valence-corrected chi connectivity index (χ0v) is 9.18. The third kappa shape index (κ3) is 2.59. The van der Waals surface area contributed by atoms with Crippen molar-refractivity contribution in [3.8, 4) is 0 Å². The maximum Gasteiger partial charge on any atom is 0.128 e. The lowest BCUT2D eigenvalue weighted by Crippen LogP contribution is -2.43. The Balaban J connectivity index is 0.000000980. The number of hydrogen-bond acceptors (Lipinski definition) is 3. The van der Waals surface area contributed by atoms with Crippen molar-refractivity contribution in [3.05, 3.63) is 23.9 Å². The number of aryl methyl sites for hydroxylation is 1. The number of pyridine rings is 1. The van der Waals surface area contributed by atoms with E-state index < -0.39 is 0 Å². The quantitative estimate of drug-likeness (QED) is 0.761. The number of anilines is 1. The molecule has 0 amide bonds. The first-order chi connectivity index (χ1) is 6.36. The van der Waals surface area contributed by atoms with Crippen molar-refractivity contribution in [3.63, 3.8) is 0 Å². The van der Waals surface area contributed by atoms with Crippen molar-refractivity contribution < 1.29 is 0 Å². The second kappa shape index (κ2) is 5.17. The summed E-state index contributed by atoms with van der Waals surface area (Å²) < 4.78 is 0. The molecule has 0 spiro atoms.